The van der Waals surface area contributed by atoms with Crippen molar-refractivity contribution in [3.8, 4) is 17.4 Å². The molecular weight excluding hydrogens is 316 g/mol. The number of imide groups is 1. The number of hydrogen-bond donors (Lipinski definition) is 2. The van der Waals surface area contributed by atoms with Crippen LogP contribution in [0.2, 0.25) is 0 Å². The molecule has 0 aliphatic rings. The average Bonchev–Trinajstić information content (AvgIpc) is 3.00. The first-order chi connectivity index (χ1) is 11.4. The number of nitro groups is 1. The lowest BCUT2D eigenvalue weighted by molar-refractivity contribution is -0.384. The smallest absolute Gasteiger partial charge is 0.319 e. The highest BCUT2D eigenvalue weighted by molar-refractivity contribution is 6.08. The van der Waals surface area contributed by atoms with Crippen LogP contribution in [0.4, 0.5) is 10.5 Å². The van der Waals surface area contributed by atoms with Gasteiger partial charge in [-0.3, -0.25) is 20.2 Å². The SMILES string of the molecule is N#C/C(=C/c1ccc(-c2cccc([N+](=O)[O-])c2)o1)C(=O)NC(N)=O. The summed E-state index contributed by atoms with van der Waals surface area (Å²) in [6.07, 6.45) is 1.12. The highest BCUT2D eigenvalue weighted by atomic mass is 16.6. The maximum absolute atomic E-state index is 11.6. The number of amides is 3. The molecule has 9 heteroatoms. The van der Waals surface area contributed by atoms with Crippen LogP contribution in [0, 0.1) is 21.4 Å². The molecule has 0 unspecified atom stereocenters. The molecule has 0 aliphatic heterocycles. The topological polar surface area (TPSA) is 152 Å². The van der Waals surface area contributed by atoms with Crippen molar-refractivity contribution in [1.82, 2.24) is 5.32 Å². The molecule has 0 atom stereocenters. The number of non-ortho nitro benzene ring substituents is 1. The molecule has 0 radical (unpaired) electrons. The van der Waals surface area contributed by atoms with Crippen LogP contribution in [-0.4, -0.2) is 16.9 Å². The summed E-state index contributed by atoms with van der Waals surface area (Å²) in [6, 6.07) is 9.34. The van der Waals surface area contributed by atoms with Gasteiger partial charge in [0.25, 0.3) is 11.6 Å². The van der Waals surface area contributed by atoms with E-state index in [2.05, 4.69) is 0 Å². The number of primary amides is 1. The van der Waals surface area contributed by atoms with Crippen molar-refractivity contribution in [1.29, 1.82) is 5.26 Å². The quantitative estimate of drug-likeness (QED) is 0.379. The van der Waals surface area contributed by atoms with Gasteiger partial charge in [0.2, 0.25) is 0 Å². The van der Waals surface area contributed by atoms with Crippen LogP contribution in [0.15, 0.2) is 46.4 Å². The molecule has 0 fully saturated rings. The van der Waals surface area contributed by atoms with Gasteiger partial charge in [-0.1, -0.05) is 12.1 Å². The number of nitrogens with zero attached hydrogens (tertiary/aromatic N) is 2. The predicted molar refractivity (Wildman–Crippen MR) is 82.1 cm³/mol. The summed E-state index contributed by atoms with van der Waals surface area (Å²) in [5.41, 5.74) is 4.80. The van der Waals surface area contributed by atoms with Gasteiger partial charge in [-0.25, -0.2) is 4.79 Å². The molecule has 0 spiro atoms. The minimum absolute atomic E-state index is 0.0976. The minimum Gasteiger partial charge on any atom is -0.457 e. The van der Waals surface area contributed by atoms with E-state index in [0.29, 0.717) is 11.3 Å². The van der Waals surface area contributed by atoms with Crippen molar-refractivity contribution >= 4 is 23.7 Å². The van der Waals surface area contributed by atoms with Crippen LogP contribution in [0.3, 0.4) is 0 Å². The van der Waals surface area contributed by atoms with Gasteiger partial charge in [-0.15, -0.1) is 0 Å². The number of carbonyl (C=O) groups is 2. The number of hydrogen-bond acceptors (Lipinski definition) is 6. The number of nitrogens with two attached hydrogens (primary N) is 1. The summed E-state index contributed by atoms with van der Waals surface area (Å²) >= 11 is 0. The van der Waals surface area contributed by atoms with E-state index < -0.39 is 16.9 Å². The van der Waals surface area contributed by atoms with Gasteiger partial charge < -0.3 is 10.2 Å². The zero-order valence-corrected chi connectivity index (χ0v) is 12.1. The van der Waals surface area contributed by atoms with Crippen LogP contribution in [0.1, 0.15) is 5.76 Å². The third kappa shape index (κ3) is 3.83. The molecule has 1 heterocycles. The number of rotatable bonds is 4. The fourth-order valence-electron chi connectivity index (χ4n) is 1.83. The Morgan fingerprint density at radius 1 is 1.33 bits per heavy atom. The molecule has 2 rings (SSSR count). The maximum Gasteiger partial charge on any atom is 0.319 e. The lowest BCUT2D eigenvalue weighted by Gasteiger charge is -1.98. The van der Waals surface area contributed by atoms with Crippen molar-refractivity contribution in [2.45, 2.75) is 0 Å². The molecule has 3 N–H and O–H groups in total. The second kappa shape index (κ2) is 6.89. The van der Waals surface area contributed by atoms with E-state index in [4.69, 9.17) is 15.4 Å². The molecule has 0 saturated heterocycles. The number of carbonyl (C=O) groups excluding carboxylic acids is 2. The summed E-state index contributed by atoms with van der Waals surface area (Å²) in [4.78, 5) is 32.5. The van der Waals surface area contributed by atoms with Crippen molar-refractivity contribution in [2.24, 2.45) is 5.73 Å². The Hall–Kier alpha value is -3.93. The van der Waals surface area contributed by atoms with E-state index in [9.17, 15) is 19.7 Å². The van der Waals surface area contributed by atoms with E-state index in [1.54, 1.807) is 17.5 Å². The first-order valence-corrected chi connectivity index (χ1v) is 6.48. The molecule has 120 valence electrons. The molecule has 0 saturated carbocycles. The minimum atomic E-state index is -1.09. The third-order valence-electron chi connectivity index (χ3n) is 2.86. The van der Waals surface area contributed by atoms with Crippen LogP contribution < -0.4 is 11.1 Å². The molecule has 3 amide bonds. The zero-order valence-electron chi connectivity index (χ0n) is 12.1. The Balaban J connectivity index is 2.30. The lowest BCUT2D eigenvalue weighted by Crippen LogP contribution is -2.35. The number of furan rings is 1. The molecule has 2 aromatic rings. The summed E-state index contributed by atoms with van der Waals surface area (Å²) in [7, 11) is 0. The molecule has 9 nitrogen and oxygen atoms in total. The van der Waals surface area contributed by atoms with Crippen LogP contribution in [0.25, 0.3) is 17.4 Å². The van der Waals surface area contributed by atoms with Crippen molar-refractivity contribution in [2.75, 3.05) is 0 Å². The first kappa shape index (κ1) is 16.4. The van der Waals surface area contributed by atoms with E-state index in [1.165, 1.54) is 30.3 Å². The highest BCUT2D eigenvalue weighted by Gasteiger charge is 2.13. The molecule has 0 aliphatic carbocycles. The predicted octanol–water partition coefficient (Wildman–Crippen LogP) is 1.96. The average molecular weight is 326 g/mol. The molecular formula is C15H10N4O5. The highest BCUT2D eigenvalue weighted by Crippen LogP contribution is 2.26. The summed E-state index contributed by atoms with van der Waals surface area (Å²) in [5, 5.41) is 21.5. The number of benzene rings is 1. The fourth-order valence-corrected chi connectivity index (χ4v) is 1.83. The van der Waals surface area contributed by atoms with E-state index in [1.807, 2.05) is 0 Å². The number of nitriles is 1. The van der Waals surface area contributed by atoms with Gasteiger partial charge in [0.05, 0.1) is 4.92 Å². The monoisotopic (exact) mass is 326 g/mol. The summed E-state index contributed by atoms with van der Waals surface area (Å²) in [6.45, 7) is 0. The lowest BCUT2D eigenvalue weighted by atomic mass is 10.1. The summed E-state index contributed by atoms with van der Waals surface area (Å²) in [5.74, 6) is -0.483. The van der Waals surface area contributed by atoms with Gasteiger partial charge >= 0.3 is 6.03 Å². The van der Waals surface area contributed by atoms with Crippen molar-refractivity contribution < 1.29 is 18.9 Å². The Morgan fingerprint density at radius 2 is 2.08 bits per heavy atom. The standard InChI is InChI=1S/C15H10N4O5/c16-8-10(14(20)18-15(17)21)7-12-4-5-13(24-12)9-2-1-3-11(6-9)19(22)23/h1-7H,(H3,17,18,20,21)/b10-7-. The van der Waals surface area contributed by atoms with Gasteiger partial charge in [-0.05, 0) is 12.1 Å². The van der Waals surface area contributed by atoms with Gasteiger partial charge in [0.15, 0.2) is 0 Å². The third-order valence-corrected chi connectivity index (χ3v) is 2.86. The fraction of sp³-hybridized carbons (Fsp3) is 0. The van der Waals surface area contributed by atoms with Crippen LogP contribution in [-0.2, 0) is 4.79 Å². The summed E-state index contributed by atoms with van der Waals surface area (Å²) < 4.78 is 5.45. The van der Waals surface area contributed by atoms with E-state index in [0.717, 1.165) is 6.08 Å². The molecule has 1 aromatic carbocycles. The first-order valence-electron chi connectivity index (χ1n) is 6.48. The Morgan fingerprint density at radius 3 is 2.71 bits per heavy atom. The van der Waals surface area contributed by atoms with Gasteiger partial charge in [0.1, 0.15) is 23.2 Å². The number of nitro benzene ring substituents is 1. The van der Waals surface area contributed by atoms with E-state index >= 15 is 0 Å². The second-order valence-electron chi connectivity index (χ2n) is 4.50. The maximum atomic E-state index is 11.6. The number of urea groups is 1. The molecule has 24 heavy (non-hydrogen) atoms. The Bertz CT molecular complexity index is 891. The van der Waals surface area contributed by atoms with Crippen LogP contribution in [0.5, 0.6) is 0 Å². The van der Waals surface area contributed by atoms with E-state index in [-0.39, 0.29) is 17.0 Å². The Labute approximate surface area is 135 Å². The normalized spacial score (nSPS) is 10.7. The van der Waals surface area contributed by atoms with Gasteiger partial charge in [-0.2, -0.15) is 5.26 Å². The van der Waals surface area contributed by atoms with Crippen molar-refractivity contribution in [3.05, 3.63) is 57.8 Å². The van der Waals surface area contributed by atoms with Crippen LogP contribution >= 0.6 is 0 Å². The Kier molecular flexibility index (Phi) is 4.72. The molecule has 0 bridgehead atoms. The second-order valence-corrected chi connectivity index (χ2v) is 4.50. The number of nitrogens with one attached hydrogen (secondary N) is 1. The molecule has 1 aromatic heterocycles. The van der Waals surface area contributed by atoms with Crippen molar-refractivity contribution in [3.63, 3.8) is 0 Å². The largest absolute Gasteiger partial charge is 0.457 e. The van der Waals surface area contributed by atoms with Gasteiger partial charge in [0, 0.05) is 23.8 Å². The zero-order chi connectivity index (χ0) is 17.7.